The predicted octanol–water partition coefficient (Wildman–Crippen LogP) is 5.04. The van der Waals surface area contributed by atoms with E-state index >= 15 is 0 Å². The molecule has 0 amide bonds. The van der Waals surface area contributed by atoms with Crippen molar-refractivity contribution in [1.29, 1.82) is 0 Å². The topological polar surface area (TPSA) is 12.4 Å². The molecule has 0 aliphatic carbocycles. The van der Waals surface area contributed by atoms with E-state index in [0.717, 1.165) is 18.0 Å². The molecule has 0 saturated carbocycles. The van der Waals surface area contributed by atoms with Gasteiger partial charge in [0.05, 0.1) is 0 Å². The summed E-state index contributed by atoms with van der Waals surface area (Å²) < 4.78 is 0. The highest BCUT2D eigenvalue weighted by atomic mass is 14.7. The van der Waals surface area contributed by atoms with Gasteiger partial charge in [-0.05, 0) is 43.8 Å². The van der Waals surface area contributed by atoms with Gasteiger partial charge < -0.3 is 0 Å². The third-order valence-electron chi connectivity index (χ3n) is 3.53. The van der Waals surface area contributed by atoms with Crippen molar-refractivity contribution in [2.75, 3.05) is 6.54 Å². The van der Waals surface area contributed by atoms with E-state index in [1.165, 1.54) is 24.0 Å². The summed E-state index contributed by atoms with van der Waals surface area (Å²) in [5.74, 6) is 1.47. The lowest BCUT2D eigenvalue weighted by Crippen LogP contribution is -2.13. The quantitative estimate of drug-likeness (QED) is 0.433. The Labute approximate surface area is 108 Å². The molecule has 0 aliphatic rings. The Morgan fingerprint density at radius 1 is 1.18 bits per heavy atom. The fourth-order valence-corrected chi connectivity index (χ4v) is 1.99. The largest absolute Gasteiger partial charge is 0.292 e. The van der Waals surface area contributed by atoms with Gasteiger partial charge in [-0.2, -0.15) is 0 Å². The summed E-state index contributed by atoms with van der Waals surface area (Å²) in [7, 11) is 0. The van der Waals surface area contributed by atoms with E-state index in [1.807, 2.05) is 13.1 Å². The molecule has 0 aliphatic heterocycles. The third-order valence-corrected chi connectivity index (χ3v) is 3.53. The zero-order valence-electron chi connectivity index (χ0n) is 12.5. The fraction of sp³-hybridized carbons (Fsp3) is 0.688. The van der Waals surface area contributed by atoms with Crippen LogP contribution < -0.4 is 0 Å². The highest BCUT2D eigenvalue weighted by molar-refractivity contribution is 5.85. The van der Waals surface area contributed by atoms with E-state index < -0.39 is 0 Å². The second-order valence-electron chi connectivity index (χ2n) is 5.24. The molecule has 2 atom stereocenters. The Kier molecular flexibility index (Phi) is 7.86. The van der Waals surface area contributed by atoms with Crippen molar-refractivity contribution in [2.45, 2.75) is 54.4 Å². The molecule has 0 fully saturated rings. The monoisotopic (exact) mass is 235 g/mol. The van der Waals surface area contributed by atoms with Gasteiger partial charge in [0.1, 0.15) is 0 Å². The number of hydrogen-bond donors (Lipinski definition) is 0. The average molecular weight is 235 g/mol. The molecule has 0 aromatic heterocycles. The SMILES string of the molecule is C=C(C)C(/C=N\CC(CC)C(C)CC)=C(C)C. The summed E-state index contributed by atoms with van der Waals surface area (Å²) >= 11 is 0. The molecule has 0 rings (SSSR count). The first-order valence-electron chi connectivity index (χ1n) is 6.77. The maximum atomic E-state index is 4.61. The van der Waals surface area contributed by atoms with Crippen LogP contribution in [0.5, 0.6) is 0 Å². The van der Waals surface area contributed by atoms with E-state index in [2.05, 4.69) is 46.2 Å². The zero-order valence-corrected chi connectivity index (χ0v) is 12.5. The molecule has 0 radical (unpaired) electrons. The van der Waals surface area contributed by atoms with Crippen LogP contribution >= 0.6 is 0 Å². The van der Waals surface area contributed by atoms with Crippen LogP contribution in [-0.4, -0.2) is 12.8 Å². The lowest BCUT2D eigenvalue weighted by Gasteiger charge is -2.19. The maximum absolute atomic E-state index is 4.61. The maximum Gasteiger partial charge on any atom is 0.0420 e. The first kappa shape index (κ1) is 16.1. The summed E-state index contributed by atoms with van der Waals surface area (Å²) in [4.78, 5) is 4.61. The van der Waals surface area contributed by atoms with Crippen LogP contribution in [0.1, 0.15) is 54.4 Å². The van der Waals surface area contributed by atoms with Gasteiger partial charge in [-0.1, -0.05) is 45.8 Å². The molecule has 1 nitrogen and oxygen atoms in total. The lowest BCUT2D eigenvalue weighted by atomic mass is 9.90. The second kappa shape index (κ2) is 8.27. The summed E-state index contributed by atoms with van der Waals surface area (Å²) in [6, 6.07) is 0. The van der Waals surface area contributed by atoms with E-state index in [4.69, 9.17) is 0 Å². The highest BCUT2D eigenvalue weighted by Gasteiger charge is 2.12. The minimum Gasteiger partial charge on any atom is -0.292 e. The molecule has 0 saturated heterocycles. The Hall–Kier alpha value is -0.850. The third kappa shape index (κ3) is 5.86. The van der Waals surface area contributed by atoms with E-state index in [0.29, 0.717) is 5.92 Å². The van der Waals surface area contributed by atoms with Crippen molar-refractivity contribution in [3.05, 3.63) is 23.3 Å². The molecule has 1 heteroatoms. The summed E-state index contributed by atoms with van der Waals surface area (Å²) in [6.07, 6.45) is 4.45. The molecule has 0 bridgehead atoms. The van der Waals surface area contributed by atoms with E-state index in [1.54, 1.807) is 0 Å². The second-order valence-corrected chi connectivity index (χ2v) is 5.24. The van der Waals surface area contributed by atoms with Gasteiger partial charge >= 0.3 is 0 Å². The van der Waals surface area contributed by atoms with Gasteiger partial charge in [0.2, 0.25) is 0 Å². The summed E-state index contributed by atoms with van der Waals surface area (Å²) in [5.41, 5.74) is 3.59. The lowest BCUT2D eigenvalue weighted by molar-refractivity contribution is 0.348. The van der Waals surface area contributed by atoms with Crippen molar-refractivity contribution in [2.24, 2.45) is 16.8 Å². The Balaban J connectivity index is 4.53. The summed E-state index contributed by atoms with van der Waals surface area (Å²) in [5, 5.41) is 0. The van der Waals surface area contributed by atoms with Crippen molar-refractivity contribution in [3.8, 4) is 0 Å². The van der Waals surface area contributed by atoms with Gasteiger partial charge in [0.25, 0.3) is 0 Å². The van der Waals surface area contributed by atoms with E-state index in [-0.39, 0.29) is 0 Å². The molecule has 0 N–H and O–H groups in total. The Morgan fingerprint density at radius 2 is 1.76 bits per heavy atom. The van der Waals surface area contributed by atoms with Crippen molar-refractivity contribution in [3.63, 3.8) is 0 Å². The minimum absolute atomic E-state index is 0.708. The van der Waals surface area contributed by atoms with Crippen molar-refractivity contribution < 1.29 is 0 Å². The molecular formula is C16H29N. The average Bonchev–Trinajstić information content (AvgIpc) is 2.27. The van der Waals surface area contributed by atoms with Crippen LogP contribution in [0.15, 0.2) is 28.3 Å². The van der Waals surface area contributed by atoms with Crippen LogP contribution in [0.3, 0.4) is 0 Å². The Bertz CT molecular complexity index is 293. The highest BCUT2D eigenvalue weighted by Crippen LogP contribution is 2.19. The van der Waals surface area contributed by atoms with Gasteiger partial charge in [-0.3, -0.25) is 4.99 Å². The van der Waals surface area contributed by atoms with Crippen molar-refractivity contribution in [1.82, 2.24) is 0 Å². The van der Waals surface area contributed by atoms with Crippen LogP contribution in [0, 0.1) is 11.8 Å². The van der Waals surface area contributed by atoms with Gasteiger partial charge in [-0.25, -0.2) is 0 Å². The smallest absolute Gasteiger partial charge is 0.0420 e. The van der Waals surface area contributed by atoms with E-state index in [9.17, 15) is 0 Å². The van der Waals surface area contributed by atoms with Crippen LogP contribution in [-0.2, 0) is 0 Å². The van der Waals surface area contributed by atoms with Crippen LogP contribution in [0.25, 0.3) is 0 Å². The zero-order chi connectivity index (χ0) is 13.4. The molecule has 0 aromatic rings. The fourth-order valence-electron chi connectivity index (χ4n) is 1.99. The first-order valence-corrected chi connectivity index (χ1v) is 6.77. The van der Waals surface area contributed by atoms with Crippen LogP contribution in [0.2, 0.25) is 0 Å². The Morgan fingerprint density at radius 3 is 2.12 bits per heavy atom. The van der Waals surface area contributed by atoms with Crippen LogP contribution in [0.4, 0.5) is 0 Å². The molecule has 2 unspecified atom stereocenters. The number of hydrogen-bond acceptors (Lipinski definition) is 1. The minimum atomic E-state index is 0.708. The number of aliphatic imine (C=N–C) groups is 1. The standard InChI is InChI=1S/C16H29N/c1-8-14(7)15(9-2)10-17-11-16(12(3)4)13(5)6/h11,14-15H,3,8-10H2,1-2,4-7H3/b17-11-. The number of nitrogens with zero attached hydrogens (tertiary/aromatic N) is 1. The molecule has 0 aromatic carbocycles. The number of allylic oxidation sites excluding steroid dienone is 3. The normalized spacial score (nSPS) is 14.7. The molecule has 17 heavy (non-hydrogen) atoms. The number of rotatable bonds is 7. The molecule has 0 spiro atoms. The molecular weight excluding hydrogens is 206 g/mol. The predicted molar refractivity (Wildman–Crippen MR) is 79.8 cm³/mol. The van der Waals surface area contributed by atoms with Crippen molar-refractivity contribution >= 4 is 6.21 Å². The summed E-state index contributed by atoms with van der Waals surface area (Å²) in [6.45, 7) is 18.0. The first-order chi connectivity index (χ1) is 7.93. The molecule has 0 heterocycles. The van der Waals surface area contributed by atoms with Gasteiger partial charge in [-0.15, -0.1) is 0 Å². The molecule has 98 valence electrons. The van der Waals surface area contributed by atoms with Gasteiger partial charge in [0, 0.05) is 12.8 Å². The van der Waals surface area contributed by atoms with Gasteiger partial charge in [0.15, 0.2) is 0 Å².